The molecule has 2 fully saturated rings. The van der Waals surface area contributed by atoms with Gasteiger partial charge in [0.2, 0.25) is 11.8 Å². The van der Waals surface area contributed by atoms with Crippen LogP contribution in [-0.2, 0) is 14.3 Å². The fraction of sp³-hybridized carbons (Fsp3) is 0.591. The first kappa shape index (κ1) is 21.3. The van der Waals surface area contributed by atoms with E-state index in [4.69, 9.17) is 4.74 Å². The average molecular weight is 402 g/mol. The molecule has 2 N–H and O–H groups in total. The van der Waals surface area contributed by atoms with Crippen molar-refractivity contribution >= 4 is 17.7 Å². The van der Waals surface area contributed by atoms with E-state index in [1.807, 2.05) is 11.0 Å². The standard InChI is InChI=1S/C22H31N3O4/c1-29-15-5-12-23-21(27)19(24-20(26)17-6-3-2-4-7-17)16-10-13-25(14-11-16)22(28)18-8-9-18/h2-4,6-7,16,18-19H,5,8-15H2,1H3,(H,23,27)(H,24,26)/t19-/m0/s1. The molecule has 7 heteroatoms. The van der Waals surface area contributed by atoms with E-state index in [0.29, 0.717) is 44.6 Å². The minimum Gasteiger partial charge on any atom is -0.385 e. The van der Waals surface area contributed by atoms with Crippen LogP contribution >= 0.6 is 0 Å². The zero-order valence-corrected chi connectivity index (χ0v) is 17.1. The Labute approximate surface area is 172 Å². The number of carbonyl (C=O) groups is 3. The summed E-state index contributed by atoms with van der Waals surface area (Å²) < 4.78 is 5.02. The van der Waals surface area contributed by atoms with Crippen LogP contribution < -0.4 is 10.6 Å². The van der Waals surface area contributed by atoms with Crippen molar-refractivity contribution in [3.63, 3.8) is 0 Å². The number of ether oxygens (including phenoxy) is 1. The summed E-state index contributed by atoms with van der Waals surface area (Å²) in [5.74, 6) is 0.0476. The number of nitrogens with zero attached hydrogens (tertiary/aromatic N) is 1. The third kappa shape index (κ3) is 6.03. The monoisotopic (exact) mass is 401 g/mol. The number of hydrogen-bond acceptors (Lipinski definition) is 4. The molecule has 0 bridgehead atoms. The molecular formula is C22H31N3O4. The van der Waals surface area contributed by atoms with E-state index in [1.165, 1.54) is 0 Å². The van der Waals surface area contributed by atoms with Gasteiger partial charge in [0, 0.05) is 44.8 Å². The highest BCUT2D eigenvalue weighted by Gasteiger charge is 2.38. The quantitative estimate of drug-likeness (QED) is 0.615. The van der Waals surface area contributed by atoms with Gasteiger partial charge in [-0.1, -0.05) is 18.2 Å². The Morgan fingerprint density at radius 1 is 1.10 bits per heavy atom. The van der Waals surface area contributed by atoms with Crippen molar-refractivity contribution in [1.29, 1.82) is 0 Å². The average Bonchev–Trinajstić information content (AvgIpc) is 3.60. The van der Waals surface area contributed by atoms with Crippen LogP contribution in [0.4, 0.5) is 0 Å². The molecule has 1 saturated heterocycles. The maximum Gasteiger partial charge on any atom is 0.251 e. The minimum absolute atomic E-state index is 0.00772. The molecule has 1 heterocycles. The molecule has 0 aromatic heterocycles. The van der Waals surface area contributed by atoms with Gasteiger partial charge >= 0.3 is 0 Å². The van der Waals surface area contributed by atoms with Crippen LogP contribution in [0.5, 0.6) is 0 Å². The number of nitrogens with one attached hydrogen (secondary N) is 2. The molecule has 3 rings (SSSR count). The third-order valence-electron chi connectivity index (χ3n) is 5.68. The molecule has 0 spiro atoms. The lowest BCUT2D eigenvalue weighted by molar-refractivity contribution is -0.134. The fourth-order valence-corrected chi connectivity index (χ4v) is 3.79. The van der Waals surface area contributed by atoms with Crippen molar-refractivity contribution in [3.05, 3.63) is 35.9 Å². The summed E-state index contributed by atoms with van der Waals surface area (Å²) in [4.78, 5) is 39.8. The lowest BCUT2D eigenvalue weighted by Gasteiger charge is -2.36. The highest BCUT2D eigenvalue weighted by molar-refractivity contribution is 5.97. The summed E-state index contributed by atoms with van der Waals surface area (Å²) >= 11 is 0. The second-order valence-electron chi connectivity index (χ2n) is 7.89. The lowest BCUT2D eigenvalue weighted by atomic mass is 9.88. The first-order chi connectivity index (χ1) is 14.1. The van der Waals surface area contributed by atoms with Crippen molar-refractivity contribution in [2.24, 2.45) is 11.8 Å². The molecular weight excluding hydrogens is 370 g/mol. The highest BCUT2D eigenvalue weighted by Crippen LogP contribution is 2.33. The molecule has 1 aromatic carbocycles. The number of hydrogen-bond donors (Lipinski definition) is 2. The maximum absolute atomic E-state index is 12.9. The zero-order chi connectivity index (χ0) is 20.6. The summed E-state index contributed by atoms with van der Waals surface area (Å²) in [6, 6.07) is 8.32. The Morgan fingerprint density at radius 3 is 2.41 bits per heavy atom. The van der Waals surface area contributed by atoms with Crippen LogP contribution in [-0.4, -0.2) is 62.0 Å². The highest BCUT2D eigenvalue weighted by atomic mass is 16.5. The fourth-order valence-electron chi connectivity index (χ4n) is 3.79. The SMILES string of the molecule is COCCCNC(=O)[C@@H](NC(=O)c1ccccc1)C1CCN(C(=O)C2CC2)CC1. The number of rotatable bonds is 9. The molecule has 1 saturated carbocycles. The van der Waals surface area contributed by atoms with Crippen LogP contribution in [0.15, 0.2) is 30.3 Å². The number of likely N-dealkylation sites (tertiary alicyclic amines) is 1. The van der Waals surface area contributed by atoms with Gasteiger partial charge in [0.15, 0.2) is 0 Å². The molecule has 3 amide bonds. The van der Waals surface area contributed by atoms with Crippen LogP contribution in [0.1, 0.15) is 42.5 Å². The van der Waals surface area contributed by atoms with Crippen molar-refractivity contribution < 1.29 is 19.1 Å². The molecule has 7 nitrogen and oxygen atoms in total. The number of benzene rings is 1. The predicted octanol–water partition coefficient (Wildman–Crippen LogP) is 1.59. The lowest BCUT2D eigenvalue weighted by Crippen LogP contribution is -2.54. The summed E-state index contributed by atoms with van der Waals surface area (Å²) in [6.07, 6.45) is 4.14. The second-order valence-corrected chi connectivity index (χ2v) is 7.89. The van der Waals surface area contributed by atoms with E-state index in [-0.39, 0.29) is 29.6 Å². The first-order valence-corrected chi connectivity index (χ1v) is 10.5. The summed E-state index contributed by atoms with van der Waals surface area (Å²) in [5.41, 5.74) is 0.533. The topological polar surface area (TPSA) is 87.7 Å². The van der Waals surface area contributed by atoms with Gasteiger partial charge in [0.1, 0.15) is 6.04 Å². The van der Waals surface area contributed by atoms with Crippen molar-refractivity contribution in [2.45, 2.75) is 38.1 Å². The van der Waals surface area contributed by atoms with Gasteiger partial charge in [0.05, 0.1) is 0 Å². The molecule has 1 aliphatic carbocycles. The van der Waals surface area contributed by atoms with Crippen molar-refractivity contribution in [2.75, 3.05) is 33.4 Å². The van der Waals surface area contributed by atoms with Crippen molar-refractivity contribution in [1.82, 2.24) is 15.5 Å². The molecule has 2 aliphatic rings. The van der Waals surface area contributed by atoms with E-state index in [2.05, 4.69) is 10.6 Å². The minimum atomic E-state index is -0.608. The normalized spacial score (nSPS) is 18.2. The Morgan fingerprint density at radius 2 is 1.79 bits per heavy atom. The van der Waals surface area contributed by atoms with Gasteiger partial charge in [-0.3, -0.25) is 14.4 Å². The van der Waals surface area contributed by atoms with Gasteiger partial charge in [-0.2, -0.15) is 0 Å². The number of amides is 3. The van der Waals surface area contributed by atoms with E-state index in [1.54, 1.807) is 31.4 Å². The van der Waals surface area contributed by atoms with Crippen molar-refractivity contribution in [3.8, 4) is 0 Å². The summed E-state index contributed by atoms with van der Waals surface area (Å²) in [5, 5.41) is 5.86. The second kappa shape index (κ2) is 10.4. The van der Waals surface area contributed by atoms with Gasteiger partial charge < -0.3 is 20.3 Å². The van der Waals surface area contributed by atoms with Gasteiger partial charge in [-0.15, -0.1) is 0 Å². The predicted molar refractivity (Wildman–Crippen MR) is 109 cm³/mol. The van der Waals surface area contributed by atoms with Gasteiger partial charge in [-0.05, 0) is 50.2 Å². The summed E-state index contributed by atoms with van der Waals surface area (Å²) in [7, 11) is 1.63. The number of piperidine rings is 1. The van der Waals surface area contributed by atoms with E-state index in [0.717, 1.165) is 19.3 Å². The van der Waals surface area contributed by atoms with E-state index < -0.39 is 6.04 Å². The largest absolute Gasteiger partial charge is 0.385 e. The molecule has 0 radical (unpaired) electrons. The molecule has 158 valence electrons. The Hall–Kier alpha value is -2.41. The molecule has 29 heavy (non-hydrogen) atoms. The maximum atomic E-state index is 12.9. The smallest absolute Gasteiger partial charge is 0.251 e. The molecule has 1 aliphatic heterocycles. The Bertz CT molecular complexity index is 697. The molecule has 1 atom stereocenters. The van der Waals surface area contributed by atoms with Crippen LogP contribution in [0.25, 0.3) is 0 Å². The van der Waals surface area contributed by atoms with E-state index >= 15 is 0 Å². The molecule has 1 aromatic rings. The Balaban J connectivity index is 1.61. The summed E-state index contributed by atoms with van der Waals surface area (Å²) in [6.45, 7) is 2.37. The Kier molecular flexibility index (Phi) is 7.63. The number of methoxy groups -OCH3 is 1. The van der Waals surface area contributed by atoms with Crippen LogP contribution in [0, 0.1) is 11.8 Å². The van der Waals surface area contributed by atoms with Gasteiger partial charge in [-0.25, -0.2) is 0 Å². The first-order valence-electron chi connectivity index (χ1n) is 10.5. The van der Waals surface area contributed by atoms with Crippen LogP contribution in [0.3, 0.4) is 0 Å². The molecule has 0 unspecified atom stereocenters. The zero-order valence-electron chi connectivity index (χ0n) is 17.1. The third-order valence-corrected chi connectivity index (χ3v) is 5.68. The number of carbonyl (C=O) groups excluding carboxylic acids is 3. The van der Waals surface area contributed by atoms with Crippen LogP contribution in [0.2, 0.25) is 0 Å². The van der Waals surface area contributed by atoms with Gasteiger partial charge in [0.25, 0.3) is 5.91 Å². The van der Waals surface area contributed by atoms with E-state index in [9.17, 15) is 14.4 Å².